The van der Waals surface area contributed by atoms with E-state index in [2.05, 4.69) is 10.3 Å². The van der Waals surface area contributed by atoms with Gasteiger partial charge in [0.05, 0.1) is 5.69 Å². The summed E-state index contributed by atoms with van der Waals surface area (Å²) in [5.74, 6) is 0.174. The molecular formula is C22H28N4O2. The Hall–Kier alpha value is -2.63. The summed E-state index contributed by atoms with van der Waals surface area (Å²) in [5, 5.41) is 3.01. The molecule has 28 heavy (non-hydrogen) atoms. The van der Waals surface area contributed by atoms with Gasteiger partial charge >= 0.3 is 0 Å². The van der Waals surface area contributed by atoms with E-state index in [1.807, 2.05) is 41.5 Å². The summed E-state index contributed by atoms with van der Waals surface area (Å²) in [4.78, 5) is 32.6. The maximum Gasteiger partial charge on any atom is 0.289 e. The van der Waals surface area contributed by atoms with Crippen LogP contribution in [-0.4, -0.2) is 39.4 Å². The molecule has 0 radical (unpaired) electrons. The van der Waals surface area contributed by atoms with Crippen LogP contribution in [0.2, 0.25) is 0 Å². The van der Waals surface area contributed by atoms with E-state index in [0.29, 0.717) is 11.5 Å². The van der Waals surface area contributed by atoms with Crippen molar-refractivity contribution in [2.24, 2.45) is 0 Å². The third kappa shape index (κ3) is 3.55. The molecular weight excluding hydrogens is 352 g/mol. The fourth-order valence-corrected chi connectivity index (χ4v) is 4.18. The lowest BCUT2D eigenvalue weighted by molar-refractivity contribution is 0.0705. The van der Waals surface area contributed by atoms with E-state index in [-0.39, 0.29) is 11.8 Å². The Morgan fingerprint density at radius 1 is 1.00 bits per heavy atom. The average Bonchev–Trinajstić information content (AvgIpc) is 3.11. The molecule has 2 aliphatic rings. The highest BCUT2D eigenvalue weighted by Crippen LogP contribution is 2.25. The largest absolute Gasteiger partial charge is 0.336 e. The van der Waals surface area contributed by atoms with Crippen LogP contribution in [0.4, 0.5) is 5.69 Å². The van der Waals surface area contributed by atoms with Gasteiger partial charge in [-0.2, -0.15) is 0 Å². The van der Waals surface area contributed by atoms with Crippen LogP contribution >= 0.6 is 0 Å². The number of hydrogen-bond acceptors (Lipinski definition) is 3. The molecule has 1 aromatic carbocycles. The summed E-state index contributed by atoms with van der Waals surface area (Å²) in [5.41, 5.74) is 4.20. The zero-order valence-electron chi connectivity index (χ0n) is 16.8. The molecule has 0 atom stereocenters. The second kappa shape index (κ2) is 7.78. The number of anilines is 1. The molecule has 2 aliphatic heterocycles. The van der Waals surface area contributed by atoms with Crippen molar-refractivity contribution in [2.75, 3.05) is 18.4 Å². The Labute approximate surface area is 165 Å². The van der Waals surface area contributed by atoms with Crippen molar-refractivity contribution >= 4 is 17.5 Å². The van der Waals surface area contributed by atoms with E-state index >= 15 is 0 Å². The standard InChI is InChI=1S/C22H28N4O2/c1-15-9-10-16(2)17(14-15)23-21(27)19-18-8-4-7-13-26(18)20(24-19)22(28)25-11-5-3-6-12-25/h9-10,14H,3-8,11-13H2,1-2H3,(H,23,27). The molecule has 3 heterocycles. The molecule has 6 heteroatoms. The number of likely N-dealkylation sites (tertiary alicyclic amines) is 1. The van der Waals surface area contributed by atoms with Crippen molar-refractivity contribution in [3.63, 3.8) is 0 Å². The highest BCUT2D eigenvalue weighted by atomic mass is 16.2. The number of imidazole rings is 1. The fraction of sp³-hybridized carbons (Fsp3) is 0.500. The maximum absolute atomic E-state index is 13.1. The molecule has 0 bridgehead atoms. The predicted molar refractivity (Wildman–Crippen MR) is 109 cm³/mol. The van der Waals surface area contributed by atoms with Crippen LogP contribution < -0.4 is 5.32 Å². The first-order valence-electron chi connectivity index (χ1n) is 10.3. The van der Waals surface area contributed by atoms with E-state index in [1.165, 1.54) is 6.42 Å². The first-order chi connectivity index (χ1) is 13.5. The van der Waals surface area contributed by atoms with E-state index in [9.17, 15) is 9.59 Å². The number of rotatable bonds is 3. The number of piperidine rings is 1. The van der Waals surface area contributed by atoms with E-state index in [1.54, 1.807) is 0 Å². The van der Waals surface area contributed by atoms with Crippen molar-refractivity contribution in [3.05, 3.63) is 46.5 Å². The lowest BCUT2D eigenvalue weighted by Gasteiger charge is -2.27. The average molecular weight is 380 g/mol. The lowest BCUT2D eigenvalue weighted by Crippen LogP contribution is -2.37. The fourth-order valence-electron chi connectivity index (χ4n) is 4.18. The zero-order valence-corrected chi connectivity index (χ0v) is 16.8. The Morgan fingerprint density at radius 3 is 2.54 bits per heavy atom. The van der Waals surface area contributed by atoms with Gasteiger partial charge in [0, 0.05) is 25.3 Å². The highest BCUT2D eigenvalue weighted by molar-refractivity contribution is 6.05. The number of fused-ring (bicyclic) bond motifs is 1. The molecule has 0 aliphatic carbocycles. The monoisotopic (exact) mass is 380 g/mol. The number of amides is 2. The Balaban J connectivity index is 1.65. The summed E-state index contributed by atoms with van der Waals surface area (Å²) in [7, 11) is 0. The number of nitrogens with one attached hydrogen (secondary N) is 1. The van der Waals surface area contributed by atoms with E-state index in [4.69, 9.17) is 0 Å². The number of aryl methyl sites for hydroxylation is 2. The van der Waals surface area contributed by atoms with Gasteiger partial charge in [0.15, 0.2) is 11.5 Å². The van der Waals surface area contributed by atoms with Crippen LogP contribution in [0, 0.1) is 13.8 Å². The number of benzene rings is 1. The summed E-state index contributed by atoms with van der Waals surface area (Å²) in [6, 6.07) is 5.99. The SMILES string of the molecule is Cc1ccc(C)c(NC(=O)c2nc(C(=O)N3CCCCC3)n3c2CCCC3)c1. The van der Waals surface area contributed by atoms with Crippen molar-refractivity contribution in [3.8, 4) is 0 Å². The van der Waals surface area contributed by atoms with Crippen LogP contribution in [0.15, 0.2) is 18.2 Å². The van der Waals surface area contributed by atoms with Gasteiger partial charge in [-0.25, -0.2) is 4.98 Å². The van der Waals surface area contributed by atoms with Crippen LogP contribution in [0.5, 0.6) is 0 Å². The molecule has 1 fully saturated rings. The quantitative estimate of drug-likeness (QED) is 0.883. The topological polar surface area (TPSA) is 67.2 Å². The second-order valence-electron chi connectivity index (χ2n) is 7.96. The first kappa shape index (κ1) is 18.7. The molecule has 1 aromatic heterocycles. The third-order valence-electron chi connectivity index (χ3n) is 5.81. The lowest BCUT2D eigenvalue weighted by atomic mass is 10.1. The molecule has 0 saturated carbocycles. The van der Waals surface area contributed by atoms with Gasteiger partial charge in [-0.05, 0) is 69.6 Å². The van der Waals surface area contributed by atoms with Crippen LogP contribution in [0.3, 0.4) is 0 Å². The highest BCUT2D eigenvalue weighted by Gasteiger charge is 2.30. The summed E-state index contributed by atoms with van der Waals surface area (Å²) < 4.78 is 1.98. The summed E-state index contributed by atoms with van der Waals surface area (Å²) >= 11 is 0. The minimum atomic E-state index is -0.225. The van der Waals surface area contributed by atoms with E-state index < -0.39 is 0 Å². The van der Waals surface area contributed by atoms with E-state index in [0.717, 1.165) is 74.2 Å². The van der Waals surface area contributed by atoms with Crippen LogP contribution in [-0.2, 0) is 13.0 Å². The number of aromatic nitrogens is 2. The summed E-state index contributed by atoms with van der Waals surface area (Å²) in [6.07, 6.45) is 6.08. The van der Waals surface area contributed by atoms with Crippen molar-refractivity contribution in [1.82, 2.24) is 14.5 Å². The number of carbonyl (C=O) groups is 2. The van der Waals surface area contributed by atoms with Gasteiger partial charge < -0.3 is 14.8 Å². The Morgan fingerprint density at radius 2 is 1.75 bits per heavy atom. The normalized spacial score (nSPS) is 16.6. The van der Waals surface area contributed by atoms with Gasteiger partial charge in [-0.15, -0.1) is 0 Å². The molecule has 1 saturated heterocycles. The Kier molecular flexibility index (Phi) is 5.20. The molecule has 6 nitrogen and oxygen atoms in total. The molecule has 148 valence electrons. The van der Waals surface area contributed by atoms with Gasteiger partial charge in [-0.1, -0.05) is 12.1 Å². The molecule has 0 unspecified atom stereocenters. The van der Waals surface area contributed by atoms with Gasteiger partial charge in [0.1, 0.15) is 0 Å². The summed E-state index contributed by atoms with van der Waals surface area (Å²) in [6.45, 7) is 6.30. The van der Waals surface area contributed by atoms with Gasteiger partial charge in [0.25, 0.3) is 11.8 Å². The van der Waals surface area contributed by atoms with Crippen molar-refractivity contribution in [2.45, 2.75) is 58.9 Å². The Bertz CT molecular complexity index is 910. The molecule has 2 aromatic rings. The number of carbonyl (C=O) groups excluding carboxylic acids is 2. The first-order valence-corrected chi connectivity index (χ1v) is 10.3. The molecule has 0 spiro atoms. The van der Waals surface area contributed by atoms with Crippen molar-refractivity contribution < 1.29 is 9.59 Å². The molecule has 4 rings (SSSR count). The molecule has 1 N–H and O–H groups in total. The minimum absolute atomic E-state index is 0.0337. The number of hydrogen-bond donors (Lipinski definition) is 1. The zero-order chi connectivity index (χ0) is 19.7. The van der Waals surface area contributed by atoms with Crippen molar-refractivity contribution in [1.29, 1.82) is 0 Å². The van der Waals surface area contributed by atoms with Gasteiger partial charge in [-0.3, -0.25) is 9.59 Å². The third-order valence-corrected chi connectivity index (χ3v) is 5.81. The molecule has 2 amide bonds. The van der Waals surface area contributed by atoms with Gasteiger partial charge in [0.2, 0.25) is 0 Å². The smallest absolute Gasteiger partial charge is 0.289 e. The maximum atomic E-state index is 13.1. The van der Waals surface area contributed by atoms with Crippen LogP contribution in [0.25, 0.3) is 0 Å². The predicted octanol–water partition coefficient (Wildman–Crippen LogP) is 3.71. The van der Waals surface area contributed by atoms with Crippen LogP contribution in [0.1, 0.15) is 70.0 Å². The minimum Gasteiger partial charge on any atom is -0.336 e. The second-order valence-corrected chi connectivity index (χ2v) is 7.96. The number of nitrogens with zero attached hydrogens (tertiary/aromatic N) is 3.